The number of alkyl halides is 1. The van der Waals surface area contributed by atoms with Crippen molar-refractivity contribution in [3.63, 3.8) is 0 Å². The molecule has 0 heterocycles. The van der Waals surface area contributed by atoms with Gasteiger partial charge in [-0.05, 0) is 17.8 Å². The molecule has 0 aromatic carbocycles. The second kappa shape index (κ2) is 1.94. The van der Waals surface area contributed by atoms with Crippen LogP contribution in [0.1, 0.15) is 20.3 Å². The van der Waals surface area contributed by atoms with Crippen molar-refractivity contribution in [2.75, 3.05) is 6.67 Å². The second-order valence-electron chi connectivity index (χ2n) is 3.43. The maximum Gasteiger partial charge on any atom is 0.0897 e. The number of rotatable bonds is 2. The Morgan fingerprint density at radius 3 is 2.11 bits per heavy atom. The molecule has 0 radical (unpaired) electrons. The van der Waals surface area contributed by atoms with Crippen molar-refractivity contribution in [3.8, 4) is 0 Å². The number of halogens is 1. The summed E-state index contributed by atoms with van der Waals surface area (Å²) in [6.45, 7) is 3.97. The molecule has 1 saturated carbocycles. The third kappa shape index (κ3) is 0.960. The predicted molar refractivity (Wildman–Crippen MR) is 35.8 cm³/mol. The molecule has 1 nitrogen and oxygen atoms in total. The highest BCUT2D eigenvalue weighted by Gasteiger charge is 2.54. The molecule has 0 saturated heterocycles. The molecule has 2 heteroatoms. The van der Waals surface area contributed by atoms with E-state index < -0.39 is 0 Å². The zero-order chi connectivity index (χ0) is 7.07. The zero-order valence-corrected chi connectivity index (χ0v) is 6.02. The van der Waals surface area contributed by atoms with Gasteiger partial charge in [-0.3, -0.25) is 4.39 Å². The van der Waals surface area contributed by atoms with Crippen molar-refractivity contribution in [1.82, 2.24) is 0 Å². The Hall–Kier alpha value is -0.110. The molecule has 0 amide bonds. The van der Waals surface area contributed by atoms with Crippen molar-refractivity contribution < 1.29 is 4.39 Å². The van der Waals surface area contributed by atoms with Gasteiger partial charge in [0.1, 0.15) is 0 Å². The Morgan fingerprint density at radius 1 is 1.56 bits per heavy atom. The normalized spacial score (nSPS) is 38.7. The molecule has 0 aromatic heterocycles. The quantitative estimate of drug-likeness (QED) is 0.601. The molecular formula is C7H14FN. The van der Waals surface area contributed by atoms with E-state index in [0.717, 1.165) is 0 Å². The highest BCUT2D eigenvalue weighted by atomic mass is 19.1. The van der Waals surface area contributed by atoms with Crippen LogP contribution < -0.4 is 5.73 Å². The summed E-state index contributed by atoms with van der Waals surface area (Å²) < 4.78 is 11.7. The summed E-state index contributed by atoms with van der Waals surface area (Å²) >= 11 is 0. The Balaban J connectivity index is 2.33. The van der Waals surface area contributed by atoms with Crippen LogP contribution in [0.4, 0.5) is 4.39 Å². The maximum atomic E-state index is 11.7. The first kappa shape index (κ1) is 7.00. The van der Waals surface area contributed by atoms with Gasteiger partial charge in [-0.15, -0.1) is 0 Å². The number of nitrogens with two attached hydrogens (primary N) is 1. The monoisotopic (exact) mass is 131 g/mol. The summed E-state index contributed by atoms with van der Waals surface area (Å²) in [7, 11) is 0. The Labute approximate surface area is 55.4 Å². The fourth-order valence-corrected chi connectivity index (χ4v) is 1.46. The standard InChI is InChI=1S/C7H14FN/c1-7(2)5(3-4-8)6(7)9/h5-6H,3-4,9H2,1-2H3/t5-,6-/m1/s1. The molecule has 0 spiro atoms. The largest absolute Gasteiger partial charge is 0.327 e. The van der Waals surface area contributed by atoms with Gasteiger partial charge in [-0.2, -0.15) is 0 Å². The van der Waals surface area contributed by atoms with Gasteiger partial charge in [0.15, 0.2) is 0 Å². The van der Waals surface area contributed by atoms with E-state index in [2.05, 4.69) is 13.8 Å². The van der Waals surface area contributed by atoms with Crippen LogP contribution in [-0.4, -0.2) is 12.7 Å². The van der Waals surface area contributed by atoms with Crippen LogP contribution in [0.2, 0.25) is 0 Å². The van der Waals surface area contributed by atoms with Crippen LogP contribution in [-0.2, 0) is 0 Å². The van der Waals surface area contributed by atoms with Crippen molar-refractivity contribution >= 4 is 0 Å². The number of hydrogen-bond acceptors (Lipinski definition) is 1. The SMILES string of the molecule is CC1(C)[C@H](N)[C@H]1CCF. The smallest absolute Gasteiger partial charge is 0.0897 e. The molecule has 0 unspecified atom stereocenters. The van der Waals surface area contributed by atoms with Crippen molar-refractivity contribution in [1.29, 1.82) is 0 Å². The van der Waals surface area contributed by atoms with Gasteiger partial charge >= 0.3 is 0 Å². The van der Waals surface area contributed by atoms with Gasteiger partial charge in [0.25, 0.3) is 0 Å². The van der Waals surface area contributed by atoms with Crippen molar-refractivity contribution in [2.45, 2.75) is 26.3 Å². The molecule has 2 N–H and O–H groups in total. The van der Waals surface area contributed by atoms with E-state index in [1.54, 1.807) is 0 Å². The van der Waals surface area contributed by atoms with Gasteiger partial charge in [0, 0.05) is 6.04 Å². The van der Waals surface area contributed by atoms with Crippen LogP contribution in [0.15, 0.2) is 0 Å². The lowest BCUT2D eigenvalue weighted by Gasteiger charge is -1.96. The van der Waals surface area contributed by atoms with Crippen LogP contribution in [0, 0.1) is 11.3 Å². The highest BCUT2D eigenvalue weighted by molar-refractivity contribution is 5.08. The Bertz CT molecular complexity index is 111. The average Bonchev–Trinajstić information content (AvgIpc) is 2.19. The molecule has 1 rings (SSSR count). The van der Waals surface area contributed by atoms with E-state index in [9.17, 15) is 4.39 Å². The second-order valence-corrected chi connectivity index (χ2v) is 3.43. The molecule has 0 bridgehead atoms. The Morgan fingerprint density at radius 2 is 2.00 bits per heavy atom. The van der Waals surface area contributed by atoms with Crippen molar-refractivity contribution in [3.05, 3.63) is 0 Å². The van der Waals surface area contributed by atoms with E-state index in [4.69, 9.17) is 5.73 Å². The summed E-state index contributed by atoms with van der Waals surface area (Å²) in [4.78, 5) is 0. The van der Waals surface area contributed by atoms with E-state index in [-0.39, 0.29) is 18.1 Å². The minimum absolute atomic E-state index is 0.214. The molecule has 9 heavy (non-hydrogen) atoms. The fraction of sp³-hybridized carbons (Fsp3) is 1.00. The summed E-state index contributed by atoms with van der Waals surface area (Å²) in [6, 6.07) is 0.244. The summed E-state index contributed by atoms with van der Waals surface area (Å²) in [6.07, 6.45) is 0.647. The lowest BCUT2D eigenvalue weighted by atomic mass is 10.1. The van der Waals surface area contributed by atoms with E-state index in [1.165, 1.54) is 0 Å². The summed E-state index contributed by atoms with van der Waals surface area (Å²) in [5.41, 5.74) is 5.88. The topological polar surface area (TPSA) is 26.0 Å². The number of hydrogen-bond donors (Lipinski definition) is 1. The van der Waals surface area contributed by atoms with Crippen LogP contribution in [0.5, 0.6) is 0 Å². The first-order valence-electron chi connectivity index (χ1n) is 3.42. The lowest BCUT2D eigenvalue weighted by Crippen LogP contribution is -2.06. The maximum absolute atomic E-state index is 11.7. The Kier molecular flexibility index (Phi) is 1.51. The first-order chi connectivity index (χ1) is 4.10. The predicted octanol–water partition coefficient (Wildman–Crippen LogP) is 1.33. The molecular weight excluding hydrogens is 117 g/mol. The minimum Gasteiger partial charge on any atom is -0.327 e. The molecule has 1 aliphatic rings. The molecule has 2 atom stereocenters. The minimum atomic E-state index is -0.220. The lowest BCUT2D eigenvalue weighted by molar-refractivity contribution is 0.421. The van der Waals surface area contributed by atoms with E-state index in [1.807, 2.05) is 0 Å². The average molecular weight is 131 g/mol. The third-order valence-electron chi connectivity index (χ3n) is 2.56. The van der Waals surface area contributed by atoms with Gasteiger partial charge in [0.2, 0.25) is 0 Å². The molecule has 0 aromatic rings. The van der Waals surface area contributed by atoms with Gasteiger partial charge < -0.3 is 5.73 Å². The van der Waals surface area contributed by atoms with E-state index >= 15 is 0 Å². The highest BCUT2D eigenvalue weighted by Crippen LogP contribution is 2.52. The van der Waals surface area contributed by atoms with Gasteiger partial charge in [-0.1, -0.05) is 13.8 Å². The molecule has 54 valence electrons. The molecule has 1 aliphatic carbocycles. The van der Waals surface area contributed by atoms with Gasteiger partial charge in [-0.25, -0.2) is 0 Å². The fourth-order valence-electron chi connectivity index (χ4n) is 1.46. The van der Waals surface area contributed by atoms with E-state index in [0.29, 0.717) is 12.3 Å². The first-order valence-corrected chi connectivity index (χ1v) is 3.42. The van der Waals surface area contributed by atoms with Crippen LogP contribution in [0.25, 0.3) is 0 Å². The third-order valence-corrected chi connectivity index (χ3v) is 2.56. The molecule has 0 aliphatic heterocycles. The molecule has 1 fully saturated rings. The summed E-state index contributed by atoms with van der Waals surface area (Å²) in [5.74, 6) is 0.433. The van der Waals surface area contributed by atoms with Crippen LogP contribution >= 0.6 is 0 Å². The van der Waals surface area contributed by atoms with Gasteiger partial charge in [0.05, 0.1) is 6.67 Å². The van der Waals surface area contributed by atoms with Crippen molar-refractivity contribution in [2.24, 2.45) is 17.1 Å². The zero-order valence-electron chi connectivity index (χ0n) is 6.02. The van der Waals surface area contributed by atoms with Crippen LogP contribution in [0.3, 0.4) is 0 Å². The summed E-state index contributed by atoms with van der Waals surface area (Å²) in [5, 5.41) is 0.